The van der Waals surface area contributed by atoms with Crippen LogP contribution in [0.4, 0.5) is 0 Å². The van der Waals surface area contributed by atoms with Gasteiger partial charge in [0.2, 0.25) is 5.91 Å². The van der Waals surface area contributed by atoms with E-state index in [1.807, 2.05) is 22.4 Å². The van der Waals surface area contributed by atoms with Crippen molar-refractivity contribution in [3.8, 4) is 0 Å². The number of carbonyl (C=O) groups excluding carboxylic acids is 1. The SMILES string of the molecule is O=C(CN1CCCCC1)N1C[C@H](c2ccc(Cl)cc2)[C@@H](c2csnn2)C1. The molecule has 3 heterocycles. The van der Waals surface area contributed by atoms with E-state index in [0.717, 1.165) is 30.4 Å². The molecule has 1 aromatic heterocycles. The molecule has 0 saturated carbocycles. The van der Waals surface area contributed by atoms with Crippen LogP contribution in [0, 0.1) is 0 Å². The summed E-state index contributed by atoms with van der Waals surface area (Å²) in [6.07, 6.45) is 3.69. The first-order valence-electron chi connectivity index (χ1n) is 9.23. The first-order chi connectivity index (χ1) is 12.7. The fraction of sp³-hybridized carbons (Fsp3) is 0.526. The van der Waals surface area contributed by atoms with Crippen LogP contribution in [0.2, 0.25) is 5.02 Å². The summed E-state index contributed by atoms with van der Waals surface area (Å²) in [5.74, 6) is 0.665. The number of rotatable bonds is 4. The second kappa shape index (κ2) is 8.03. The van der Waals surface area contributed by atoms with Crippen LogP contribution in [0.1, 0.15) is 42.4 Å². The highest BCUT2D eigenvalue weighted by Crippen LogP contribution is 2.39. The molecule has 26 heavy (non-hydrogen) atoms. The van der Waals surface area contributed by atoms with Gasteiger partial charge in [0.25, 0.3) is 0 Å². The summed E-state index contributed by atoms with van der Waals surface area (Å²) in [5, 5.41) is 7.03. The van der Waals surface area contributed by atoms with Crippen LogP contribution in [0.15, 0.2) is 29.6 Å². The highest BCUT2D eigenvalue weighted by Gasteiger charge is 2.38. The van der Waals surface area contributed by atoms with E-state index in [1.165, 1.54) is 36.4 Å². The Morgan fingerprint density at radius 3 is 2.54 bits per heavy atom. The molecule has 0 radical (unpaired) electrons. The van der Waals surface area contributed by atoms with Crippen molar-refractivity contribution in [1.82, 2.24) is 19.4 Å². The number of benzene rings is 1. The number of carbonyl (C=O) groups is 1. The molecular formula is C19H23ClN4OS. The number of piperidine rings is 1. The van der Waals surface area contributed by atoms with Crippen molar-refractivity contribution in [2.45, 2.75) is 31.1 Å². The van der Waals surface area contributed by atoms with E-state index in [2.05, 4.69) is 26.6 Å². The number of likely N-dealkylation sites (tertiary alicyclic amines) is 2. The largest absolute Gasteiger partial charge is 0.340 e. The zero-order valence-corrected chi connectivity index (χ0v) is 16.3. The molecule has 2 aliphatic heterocycles. The van der Waals surface area contributed by atoms with Crippen molar-refractivity contribution in [2.75, 3.05) is 32.7 Å². The average molecular weight is 391 g/mol. The van der Waals surface area contributed by atoms with Gasteiger partial charge in [-0.1, -0.05) is 34.6 Å². The predicted octanol–water partition coefficient (Wildman–Crippen LogP) is 3.39. The number of amides is 1. The zero-order valence-electron chi connectivity index (χ0n) is 14.7. The average Bonchev–Trinajstić information content (AvgIpc) is 3.33. The third-order valence-corrected chi connectivity index (χ3v) is 6.31. The standard InChI is InChI=1S/C19H23ClN4OS/c20-15-6-4-14(5-7-15)16-10-24(11-17(16)18-13-26-22-21-18)19(25)12-23-8-2-1-3-9-23/h4-7,13,16-17H,1-3,8-12H2/t16-,17+/m1/s1. The minimum absolute atomic E-state index is 0.195. The molecule has 138 valence electrons. The summed E-state index contributed by atoms with van der Waals surface area (Å²) in [5.41, 5.74) is 2.20. The van der Waals surface area contributed by atoms with Gasteiger partial charge in [-0.25, -0.2) is 0 Å². The van der Waals surface area contributed by atoms with E-state index in [9.17, 15) is 4.79 Å². The van der Waals surface area contributed by atoms with Crippen LogP contribution < -0.4 is 0 Å². The first kappa shape index (κ1) is 17.9. The van der Waals surface area contributed by atoms with Gasteiger partial charge in [-0.3, -0.25) is 9.69 Å². The lowest BCUT2D eigenvalue weighted by atomic mass is 9.87. The first-order valence-corrected chi connectivity index (χ1v) is 10.4. The summed E-state index contributed by atoms with van der Waals surface area (Å²) in [7, 11) is 0. The highest BCUT2D eigenvalue weighted by atomic mass is 35.5. The highest BCUT2D eigenvalue weighted by molar-refractivity contribution is 7.03. The monoisotopic (exact) mass is 390 g/mol. The van der Waals surface area contributed by atoms with Crippen molar-refractivity contribution in [2.24, 2.45) is 0 Å². The maximum Gasteiger partial charge on any atom is 0.236 e. The van der Waals surface area contributed by atoms with E-state index in [4.69, 9.17) is 11.6 Å². The molecule has 2 aromatic rings. The van der Waals surface area contributed by atoms with E-state index >= 15 is 0 Å². The minimum atomic E-state index is 0.195. The number of hydrogen-bond acceptors (Lipinski definition) is 5. The van der Waals surface area contributed by atoms with Crippen molar-refractivity contribution < 1.29 is 4.79 Å². The number of nitrogens with zero attached hydrogens (tertiary/aromatic N) is 4. The van der Waals surface area contributed by atoms with Gasteiger partial charge < -0.3 is 4.90 Å². The molecule has 1 aromatic carbocycles. The molecule has 2 saturated heterocycles. The quantitative estimate of drug-likeness (QED) is 0.802. The molecule has 4 rings (SSSR count). The zero-order chi connectivity index (χ0) is 17.9. The molecule has 7 heteroatoms. The van der Waals surface area contributed by atoms with Gasteiger partial charge in [0.15, 0.2) is 0 Å². The van der Waals surface area contributed by atoms with Gasteiger partial charge >= 0.3 is 0 Å². The van der Waals surface area contributed by atoms with Gasteiger partial charge in [-0.05, 0) is 55.2 Å². The molecule has 0 N–H and O–H groups in total. The lowest BCUT2D eigenvalue weighted by molar-refractivity contribution is -0.131. The van der Waals surface area contributed by atoms with Crippen LogP contribution in [-0.4, -0.2) is 58.0 Å². The van der Waals surface area contributed by atoms with Gasteiger partial charge in [0.1, 0.15) is 0 Å². The summed E-state index contributed by atoms with van der Waals surface area (Å²) in [6, 6.07) is 7.98. The second-order valence-corrected chi connectivity index (χ2v) is 8.28. The Hall–Kier alpha value is -1.50. The van der Waals surface area contributed by atoms with Crippen molar-refractivity contribution in [1.29, 1.82) is 0 Å². The molecule has 0 aliphatic carbocycles. The molecule has 5 nitrogen and oxygen atoms in total. The number of hydrogen-bond donors (Lipinski definition) is 0. The second-order valence-electron chi connectivity index (χ2n) is 7.23. The van der Waals surface area contributed by atoms with E-state index < -0.39 is 0 Å². The summed E-state index contributed by atoms with van der Waals surface area (Å²) < 4.78 is 4.03. The van der Waals surface area contributed by atoms with E-state index in [1.54, 1.807) is 0 Å². The molecule has 2 fully saturated rings. The molecule has 0 unspecified atom stereocenters. The molecule has 2 atom stereocenters. The molecule has 1 amide bonds. The number of halogens is 1. The van der Waals surface area contributed by atoms with Crippen LogP contribution in [0.3, 0.4) is 0 Å². The Labute approximate surface area is 163 Å². The van der Waals surface area contributed by atoms with Crippen LogP contribution >= 0.6 is 23.1 Å². The van der Waals surface area contributed by atoms with Gasteiger partial charge in [0, 0.05) is 35.3 Å². The third-order valence-electron chi connectivity index (χ3n) is 5.54. The Bertz CT molecular complexity index is 731. The maximum atomic E-state index is 12.9. The molecule has 0 spiro atoms. The van der Waals surface area contributed by atoms with Crippen LogP contribution in [-0.2, 0) is 4.79 Å². The Morgan fingerprint density at radius 2 is 1.85 bits per heavy atom. The molecule has 0 bridgehead atoms. The van der Waals surface area contributed by atoms with Crippen LogP contribution in [0.25, 0.3) is 0 Å². The van der Waals surface area contributed by atoms with Gasteiger partial charge in [-0.15, -0.1) is 5.10 Å². The Balaban J connectivity index is 1.51. The summed E-state index contributed by atoms with van der Waals surface area (Å²) in [6.45, 7) is 4.07. The third kappa shape index (κ3) is 3.92. The number of aromatic nitrogens is 2. The predicted molar refractivity (Wildman–Crippen MR) is 104 cm³/mol. The normalized spacial score (nSPS) is 24.1. The lowest BCUT2D eigenvalue weighted by Gasteiger charge is -2.28. The summed E-state index contributed by atoms with van der Waals surface area (Å²) in [4.78, 5) is 17.2. The lowest BCUT2D eigenvalue weighted by Crippen LogP contribution is -2.41. The van der Waals surface area contributed by atoms with E-state index in [0.29, 0.717) is 13.1 Å². The topological polar surface area (TPSA) is 49.3 Å². The van der Waals surface area contributed by atoms with Crippen molar-refractivity contribution >= 4 is 29.0 Å². The fourth-order valence-corrected chi connectivity index (χ4v) is 4.74. The fourth-order valence-electron chi connectivity index (χ4n) is 4.10. The minimum Gasteiger partial charge on any atom is -0.340 e. The van der Waals surface area contributed by atoms with E-state index in [-0.39, 0.29) is 17.7 Å². The van der Waals surface area contributed by atoms with Crippen LogP contribution in [0.5, 0.6) is 0 Å². The molecular weight excluding hydrogens is 368 g/mol. The van der Waals surface area contributed by atoms with Crippen molar-refractivity contribution in [3.63, 3.8) is 0 Å². The van der Waals surface area contributed by atoms with Crippen molar-refractivity contribution in [3.05, 3.63) is 45.9 Å². The Morgan fingerprint density at radius 1 is 1.12 bits per heavy atom. The summed E-state index contributed by atoms with van der Waals surface area (Å²) >= 11 is 7.42. The van der Waals surface area contributed by atoms with Gasteiger partial charge in [0.05, 0.1) is 12.2 Å². The molecule has 2 aliphatic rings. The Kier molecular flexibility index (Phi) is 5.52. The maximum absolute atomic E-state index is 12.9. The van der Waals surface area contributed by atoms with Gasteiger partial charge in [-0.2, -0.15) is 0 Å². The smallest absolute Gasteiger partial charge is 0.236 e.